The van der Waals surface area contributed by atoms with E-state index in [2.05, 4.69) is 16.0 Å². The Hall–Kier alpha value is -2.07. The zero-order chi connectivity index (χ0) is 11.7. The van der Waals surface area contributed by atoms with Gasteiger partial charge >= 0.3 is 0 Å². The van der Waals surface area contributed by atoms with Crippen molar-refractivity contribution in [1.82, 2.24) is 9.97 Å². The van der Waals surface area contributed by atoms with Crippen LogP contribution in [0.5, 0.6) is 5.75 Å². The van der Waals surface area contributed by atoms with Crippen molar-refractivity contribution in [3.63, 3.8) is 0 Å². The lowest BCUT2D eigenvalue weighted by atomic mass is 10.2. The Kier molecular flexibility index (Phi) is 2.42. The second-order valence-electron chi connectivity index (χ2n) is 3.67. The lowest BCUT2D eigenvalue weighted by Gasteiger charge is -1.96. The van der Waals surface area contributed by atoms with Crippen molar-refractivity contribution in [3.05, 3.63) is 48.0 Å². The molecule has 2 aromatic heterocycles. The van der Waals surface area contributed by atoms with Crippen LogP contribution in [0.2, 0.25) is 0 Å². The summed E-state index contributed by atoms with van der Waals surface area (Å²) in [5, 5.41) is 11.3. The van der Waals surface area contributed by atoms with Gasteiger partial charge in [-0.1, -0.05) is 6.07 Å². The minimum Gasteiger partial charge on any atom is -0.508 e. The SMILES string of the molecule is Oc1ccc(-c2ncc(-c3cccs3)[nH]2)cc1. The standard InChI is InChI=1S/C13H10N2OS/c16-10-5-3-9(4-6-10)13-14-8-11(15-13)12-2-1-7-17-12/h1-8,16H,(H,14,15). The van der Waals surface area contributed by atoms with Gasteiger partial charge in [0.1, 0.15) is 11.6 Å². The minimum atomic E-state index is 0.263. The van der Waals surface area contributed by atoms with Crippen molar-refractivity contribution in [2.75, 3.05) is 0 Å². The topological polar surface area (TPSA) is 48.9 Å². The molecule has 3 rings (SSSR count). The molecule has 2 heterocycles. The van der Waals surface area contributed by atoms with E-state index in [0.29, 0.717) is 0 Å². The van der Waals surface area contributed by atoms with Crippen LogP contribution in [0.3, 0.4) is 0 Å². The molecular weight excluding hydrogens is 232 g/mol. The van der Waals surface area contributed by atoms with Crippen molar-refractivity contribution in [3.8, 4) is 27.7 Å². The second-order valence-corrected chi connectivity index (χ2v) is 4.62. The number of aromatic amines is 1. The van der Waals surface area contributed by atoms with Gasteiger partial charge in [-0.15, -0.1) is 11.3 Å². The third-order valence-electron chi connectivity index (χ3n) is 2.50. The first-order valence-corrected chi connectivity index (χ1v) is 6.09. The van der Waals surface area contributed by atoms with E-state index in [1.54, 1.807) is 23.5 Å². The second kappa shape index (κ2) is 4.07. The number of rotatable bonds is 2. The molecule has 0 bridgehead atoms. The number of hydrogen-bond donors (Lipinski definition) is 2. The van der Waals surface area contributed by atoms with E-state index in [1.807, 2.05) is 29.8 Å². The molecule has 0 fully saturated rings. The Labute approximate surface area is 102 Å². The molecule has 17 heavy (non-hydrogen) atoms. The molecular formula is C13H10N2OS. The van der Waals surface area contributed by atoms with Crippen LogP contribution in [0, 0.1) is 0 Å². The van der Waals surface area contributed by atoms with E-state index in [4.69, 9.17) is 0 Å². The fourth-order valence-corrected chi connectivity index (χ4v) is 2.34. The Balaban J connectivity index is 1.98. The number of phenols is 1. The van der Waals surface area contributed by atoms with Crippen LogP contribution in [0.25, 0.3) is 22.0 Å². The zero-order valence-corrected chi connectivity index (χ0v) is 9.74. The quantitative estimate of drug-likeness (QED) is 0.722. The van der Waals surface area contributed by atoms with Gasteiger partial charge in [0.25, 0.3) is 0 Å². The van der Waals surface area contributed by atoms with Crippen molar-refractivity contribution >= 4 is 11.3 Å². The Morgan fingerprint density at radius 3 is 2.65 bits per heavy atom. The van der Waals surface area contributed by atoms with Crippen LogP contribution in [-0.4, -0.2) is 15.1 Å². The lowest BCUT2D eigenvalue weighted by Crippen LogP contribution is -1.79. The summed E-state index contributed by atoms with van der Waals surface area (Å²) in [7, 11) is 0. The molecule has 3 nitrogen and oxygen atoms in total. The van der Waals surface area contributed by atoms with Crippen LogP contribution in [0.15, 0.2) is 48.0 Å². The molecule has 4 heteroatoms. The Bertz CT molecular complexity index is 611. The molecule has 0 saturated carbocycles. The molecule has 0 aliphatic heterocycles. The Morgan fingerprint density at radius 1 is 1.12 bits per heavy atom. The largest absolute Gasteiger partial charge is 0.508 e. The normalized spacial score (nSPS) is 10.6. The molecule has 0 atom stereocenters. The van der Waals surface area contributed by atoms with E-state index in [0.717, 1.165) is 17.1 Å². The monoisotopic (exact) mass is 242 g/mol. The summed E-state index contributed by atoms with van der Waals surface area (Å²) in [6.07, 6.45) is 1.83. The van der Waals surface area contributed by atoms with Crippen molar-refractivity contribution in [2.45, 2.75) is 0 Å². The van der Waals surface area contributed by atoms with Crippen molar-refractivity contribution < 1.29 is 5.11 Å². The number of nitrogens with zero attached hydrogens (tertiary/aromatic N) is 1. The van der Waals surface area contributed by atoms with Crippen molar-refractivity contribution in [2.24, 2.45) is 0 Å². The molecule has 0 spiro atoms. The van der Waals surface area contributed by atoms with Gasteiger partial charge < -0.3 is 10.1 Å². The number of nitrogens with one attached hydrogen (secondary N) is 1. The van der Waals surface area contributed by atoms with E-state index >= 15 is 0 Å². The van der Waals surface area contributed by atoms with Gasteiger partial charge in [0.15, 0.2) is 0 Å². The summed E-state index contributed by atoms with van der Waals surface area (Å²) >= 11 is 1.68. The smallest absolute Gasteiger partial charge is 0.137 e. The molecule has 2 N–H and O–H groups in total. The van der Waals surface area contributed by atoms with Gasteiger partial charge in [-0.2, -0.15) is 0 Å². The van der Waals surface area contributed by atoms with E-state index in [9.17, 15) is 5.11 Å². The third-order valence-corrected chi connectivity index (χ3v) is 3.41. The zero-order valence-electron chi connectivity index (χ0n) is 8.92. The molecule has 0 aliphatic carbocycles. The van der Waals surface area contributed by atoms with Crippen LogP contribution >= 0.6 is 11.3 Å². The van der Waals surface area contributed by atoms with Crippen molar-refractivity contribution in [1.29, 1.82) is 0 Å². The summed E-state index contributed by atoms with van der Waals surface area (Å²) in [5.41, 5.74) is 1.98. The van der Waals surface area contributed by atoms with E-state index < -0.39 is 0 Å². The highest BCUT2D eigenvalue weighted by Gasteiger charge is 2.05. The van der Waals surface area contributed by atoms with E-state index in [-0.39, 0.29) is 5.75 Å². The number of aromatic nitrogens is 2. The highest BCUT2D eigenvalue weighted by molar-refractivity contribution is 7.13. The third kappa shape index (κ3) is 1.94. The maximum atomic E-state index is 9.23. The number of hydrogen-bond acceptors (Lipinski definition) is 3. The van der Waals surface area contributed by atoms with Crippen LogP contribution in [-0.2, 0) is 0 Å². The maximum absolute atomic E-state index is 9.23. The molecule has 0 unspecified atom stereocenters. The highest BCUT2D eigenvalue weighted by atomic mass is 32.1. The average Bonchev–Trinajstić information content (AvgIpc) is 3.00. The van der Waals surface area contributed by atoms with Gasteiger partial charge in [0.2, 0.25) is 0 Å². The van der Waals surface area contributed by atoms with Crippen LogP contribution < -0.4 is 0 Å². The predicted octanol–water partition coefficient (Wildman–Crippen LogP) is 3.51. The molecule has 0 amide bonds. The first kappa shape index (κ1) is 10.1. The molecule has 0 aliphatic rings. The van der Waals surface area contributed by atoms with Gasteiger partial charge in [-0.25, -0.2) is 4.98 Å². The molecule has 0 saturated heterocycles. The maximum Gasteiger partial charge on any atom is 0.137 e. The number of benzene rings is 1. The summed E-state index contributed by atoms with van der Waals surface area (Å²) in [6, 6.07) is 11.1. The van der Waals surface area contributed by atoms with Gasteiger partial charge in [0.05, 0.1) is 16.8 Å². The van der Waals surface area contributed by atoms with Crippen LogP contribution in [0.4, 0.5) is 0 Å². The van der Waals surface area contributed by atoms with Crippen LogP contribution in [0.1, 0.15) is 0 Å². The molecule has 84 valence electrons. The average molecular weight is 242 g/mol. The number of phenolic OH excluding ortho intramolecular Hbond substituents is 1. The van der Waals surface area contributed by atoms with Gasteiger partial charge in [-0.3, -0.25) is 0 Å². The summed E-state index contributed by atoms with van der Waals surface area (Å²) in [4.78, 5) is 8.78. The molecule has 3 aromatic rings. The number of aromatic hydroxyl groups is 1. The van der Waals surface area contributed by atoms with Gasteiger partial charge in [0, 0.05) is 5.56 Å². The van der Waals surface area contributed by atoms with E-state index in [1.165, 1.54) is 4.88 Å². The summed E-state index contributed by atoms with van der Waals surface area (Å²) in [5.74, 6) is 1.08. The lowest BCUT2D eigenvalue weighted by molar-refractivity contribution is 0.475. The first-order chi connectivity index (χ1) is 8.33. The number of H-pyrrole nitrogens is 1. The summed E-state index contributed by atoms with van der Waals surface area (Å²) < 4.78 is 0. The predicted molar refractivity (Wildman–Crippen MR) is 69.0 cm³/mol. The minimum absolute atomic E-state index is 0.263. The Morgan fingerprint density at radius 2 is 1.94 bits per heavy atom. The number of imidazole rings is 1. The summed E-state index contributed by atoms with van der Waals surface area (Å²) in [6.45, 7) is 0. The number of thiophene rings is 1. The highest BCUT2D eigenvalue weighted by Crippen LogP contribution is 2.26. The fourth-order valence-electron chi connectivity index (χ4n) is 1.64. The van der Waals surface area contributed by atoms with Gasteiger partial charge in [-0.05, 0) is 35.7 Å². The first-order valence-electron chi connectivity index (χ1n) is 5.21. The molecule has 0 radical (unpaired) electrons. The molecule has 1 aromatic carbocycles. The fraction of sp³-hybridized carbons (Fsp3) is 0.